The van der Waals surface area contributed by atoms with Gasteiger partial charge in [0.05, 0.1) is 5.30 Å². The summed E-state index contributed by atoms with van der Waals surface area (Å²) < 4.78 is 10.8. The van der Waals surface area contributed by atoms with Crippen LogP contribution in [0, 0.1) is 13.8 Å². The van der Waals surface area contributed by atoms with Crippen LogP contribution in [0.25, 0.3) is 0 Å². The standard InChI is InChI=1S/C6H9O3PS/c1-4-3-6(5(2)11-4)10(7,8)9/h3H,1-2H3,(H2,7,8,9). The smallest absolute Gasteiger partial charge is 0.321 e. The van der Waals surface area contributed by atoms with E-state index in [2.05, 4.69) is 0 Å². The van der Waals surface area contributed by atoms with Gasteiger partial charge in [0.15, 0.2) is 0 Å². The molecule has 1 heterocycles. The van der Waals surface area contributed by atoms with Crippen LogP contribution in [0.3, 0.4) is 0 Å². The van der Waals surface area contributed by atoms with E-state index in [9.17, 15) is 4.57 Å². The molecular formula is C6H9O3PS. The quantitative estimate of drug-likeness (QED) is 0.656. The third kappa shape index (κ3) is 1.91. The second-order valence-electron chi connectivity index (χ2n) is 2.34. The molecule has 5 heteroatoms. The van der Waals surface area contributed by atoms with Crippen molar-refractivity contribution in [1.29, 1.82) is 0 Å². The van der Waals surface area contributed by atoms with E-state index in [1.807, 2.05) is 6.92 Å². The fraction of sp³-hybridized carbons (Fsp3) is 0.333. The minimum absolute atomic E-state index is 0.167. The van der Waals surface area contributed by atoms with E-state index in [4.69, 9.17) is 9.79 Å². The Morgan fingerprint density at radius 1 is 1.45 bits per heavy atom. The van der Waals surface area contributed by atoms with Gasteiger partial charge in [-0.3, -0.25) is 4.57 Å². The molecule has 1 aromatic heterocycles. The van der Waals surface area contributed by atoms with Crippen LogP contribution in [-0.2, 0) is 4.57 Å². The van der Waals surface area contributed by atoms with Crippen LogP contribution in [0.15, 0.2) is 6.07 Å². The van der Waals surface area contributed by atoms with Crippen molar-refractivity contribution in [2.75, 3.05) is 0 Å². The molecule has 1 aromatic rings. The van der Waals surface area contributed by atoms with Gasteiger partial charge in [0.1, 0.15) is 0 Å². The summed E-state index contributed by atoms with van der Waals surface area (Å²) >= 11 is 1.40. The lowest BCUT2D eigenvalue weighted by Gasteiger charge is -2.00. The van der Waals surface area contributed by atoms with Crippen molar-refractivity contribution in [2.45, 2.75) is 13.8 Å². The zero-order valence-electron chi connectivity index (χ0n) is 6.24. The second-order valence-corrected chi connectivity index (χ2v) is 5.37. The van der Waals surface area contributed by atoms with E-state index in [1.165, 1.54) is 11.3 Å². The van der Waals surface area contributed by atoms with Gasteiger partial charge in [0, 0.05) is 9.75 Å². The average Bonchev–Trinajstić information content (AvgIpc) is 2.08. The molecular weight excluding hydrogens is 183 g/mol. The van der Waals surface area contributed by atoms with Crippen molar-refractivity contribution in [3.05, 3.63) is 15.8 Å². The molecule has 0 saturated carbocycles. The lowest BCUT2D eigenvalue weighted by Crippen LogP contribution is -2.02. The van der Waals surface area contributed by atoms with E-state index < -0.39 is 7.60 Å². The second kappa shape index (κ2) is 2.72. The van der Waals surface area contributed by atoms with Crippen LogP contribution in [0.2, 0.25) is 0 Å². The summed E-state index contributed by atoms with van der Waals surface area (Å²) in [7, 11) is -4.02. The molecule has 3 nitrogen and oxygen atoms in total. The predicted molar refractivity (Wildman–Crippen MR) is 45.5 cm³/mol. The molecule has 0 aromatic carbocycles. The summed E-state index contributed by atoms with van der Waals surface area (Å²) in [6.07, 6.45) is 0. The highest BCUT2D eigenvalue weighted by Crippen LogP contribution is 2.36. The van der Waals surface area contributed by atoms with Gasteiger partial charge in [-0.1, -0.05) is 0 Å². The van der Waals surface area contributed by atoms with Gasteiger partial charge in [-0.2, -0.15) is 0 Å². The van der Waals surface area contributed by atoms with Gasteiger partial charge < -0.3 is 9.79 Å². The Morgan fingerprint density at radius 2 is 2.00 bits per heavy atom. The van der Waals surface area contributed by atoms with E-state index in [1.54, 1.807) is 13.0 Å². The molecule has 0 fully saturated rings. The van der Waals surface area contributed by atoms with Crippen LogP contribution in [0.4, 0.5) is 0 Å². The van der Waals surface area contributed by atoms with Gasteiger partial charge in [-0.05, 0) is 19.9 Å². The Labute approximate surface area is 68.9 Å². The van der Waals surface area contributed by atoms with Gasteiger partial charge in [-0.25, -0.2) is 0 Å². The molecule has 1 rings (SSSR count). The third-order valence-electron chi connectivity index (χ3n) is 1.33. The van der Waals surface area contributed by atoms with Crippen molar-refractivity contribution in [3.8, 4) is 0 Å². The van der Waals surface area contributed by atoms with E-state index in [-0.39, 0.29) is 5.30 Å². The fourth-order valence-corrected chi connectivity index (χ4v) is 3.08. The summed E-state index contributed by atoms with van der Waals surface area (Å²) in [6, 6.07) is 1.54. The van der Waals surface area contributed by atoms with E-state index in [0.29, 0.717) is 4.88 Å². The fourth-order valence-electron chi connectivity index (χ4n) is 0.907. The number of hydrogen-bond donors (Lipinski definition) is 2. The Kier molecular flexibility index (Phi) is 2.21. The first-order valence-corrected chi connectivity index (χ1v) is 5.47. The number of thiophene rings is 1. The summed E-state index contributed by atoms with van der Waals surface area (Å²) in [5.74, 6) is 0. The lowest BCUT2D eigenvalue weighted by molar-refractivity contribution is 0.387. The lowest BCUT2D eigenvalue weighted by atomic mass is 10.4. The Hall–Kier alpha value is -0.150. The van der Waals surface area contributed by atoms with Gasteiger partial charge in [0.2, 0.25) is 0 Å². The zero-order valence-corrected chi connectivity index (χ0v) is 7.95. The molecule has 0 spiro atoms. The summed E-state index contributed by atoms with van der Waals surface area (Å²) in [4.78, 5) is 19.2. The van der Waals surface area contributed by atoms with Crippen LogP contribution in [0.1, 0.15) is 9.75 Å². The maximum Gasteiger partial charge on any atom is 0.357 e. The van der Waals surface area contributed by atoms with Crippen LogP contribution in [0.5, 0.6) is 0 Å². The van der Waals surface area contributed by atoms with Gasteiger partial charge >= 0.3 is 7.60 Å². The average molecular weight is 192 g/mol. The largest absolute Gasteiger partial charge is 0.357 e. The van der Waals surface area contributed by atoms with E-state index in [0.717, 1.165) is 4.88 Å². The van der Waals surface area contributed by atoms with Crippen molar-refractivity contribution in [1.82, 2.24) is 0 Å². The Bertz CT molecular complexity index is 312. The molecule has 0 radical (unpaired) electrons. The van der Waals surface area contributed by atoms with Crippen LogP contribution in [-0.4, -0.2) is 9.79 Å². The minimum Gasteiger partial charge on any atom is -0.321 e. The molecule has 2 N–H and O–H groups in total. The molecule has 0 amide bonds. The molecule has 0 saturated heterocycles. The molecule has 62 valence electrons. The first-order valence-electron chi connectivity index (χ1n) is 3.04. The molecule has 0 aliphatic rings. The molecule has 0 aliphatic carbocycles. The normalized spacial score (nSPS) is 12.0. The molecule has 0 unspecified atom stereocenters. The topological polar surface area (TPSA) is 57.5 Å². The summed E-state index contributed by atoms with van der Waals surface area (Å²) in [5.41, 5.74) is 0. The van der Waals surface area contributed by atoms with Crippen molar-refractivity contribution in [2.24, 2.45) is 0 Å². The van der Waals surface area contributed by atoms with E-state index >= 15 is 0 Å². The van der Waals surface area contributed by atoms with Gasteiger partial charge in [-0.15, -0.1) is 11.3 Å². The predicted octanol–water partition coefficient (Wildman–Crippen LogP) is 1.17. The highest BCUT2D eigenvalue weighted by Gasteiger charge is 2.21. The molecule has 0 bridgehead atoms. The van der Waals surface area contributed by atoms with Crippen molar-refractivity contribution >= 4 is 24.2 Å². The van der Waals surface area contributed by atoms with Gasteiger partial charge in [0.25, 0.3) is 0 Å². The highest BCUT2D eigenvalue weighted by atomic mass is 32.1. The highest BCUT2D eigenvalue weighted by molar-refractivity contribution is 7.61. The molecule has 0 aliphatic heterocycles. The number of hydrogen-bond acceptors (Lipinski definition) is 2. The van der Waals surface area contributed by atoms with Crippen molar-refractivity contribution < 1.29 is 14.4 Å². The number of aryl methyl sites for hydroxylation is 2. The maximum atomic E-state index is 10.8. The van der Waals surface area contributed by atoms with Crippen LogP contribution >= 0.6 is 18.9 Å². The summed E-state index contributed by atoms with van der Waals surface area (Å²) in [5, 5.41) is 0.167. The third-order valence-corrected chi connectivity index (χ3v) is 3.54. The Morgan fingerprint density at radius 3 is 2.18 bits per heavy atom. The van der Waals surface area contributed by atoms with Crippen LogP contribution < -0.4 is 5.30 Å². The SMILES string of the molecule is Cc1cc(P(=O)(O)O)c(C)s1. The first kappa shape index (κ1) is 8.94. The molecule has 11 heavy (non-hydrogen) atoms. The monoisotopic (exact) mass is 192 g/mol. The minimum atomic E-state index is -4.02. The molecule has 0 atom stereocenters. The maximum absolute atomic E-state index is 10.8. The summed E-state index contributed by atoms with van der Waals surface area (Å²) in [6.45, 7) is 3.54. The zero-order chi connectivity index (χ0) is 8.65. The van der Waals surface area contributed by atoms with Crippen molar-refractivity contribution in [3.63, 3.8) is 0 Å². The Balaban J connectivity index is 3.24. The first-order chi connectivity index (χ1) is 4.91. The number of rotatable bonds is 1.